The van der Waals surface area contributed by atoms with Gasteiger partial charge in [-0.1, -0.05) is 158 Å². The molecule has 0 spiro atoms. The van der Waals surface area contributed by atoms with E-state index in [9.17, 15) is 19.0 Å². The standard InChI is InChI=1S/C50H90NO8P/c1-6-8-10-12-14-16-18-20-22-24-25-27-28-30-32-34-36-38-40-42-49(52)56-46-48(47-58-60(54,55)57-45-44-51(3,4)5)59-50(53)43-41-39-37-35-33-31-29-26-23-21-19-17-15-13-11-9-7-2/h14-17,20-23,29,31,48H,6-13,18-19,24-28,30,32-47H2,1-5H3/b16-14-,17-15-,22-20-,23-21-,31-29-/t48-/m1/s1. The van der Waals surface area contributed by atoms with Crippen LogP contribution in [-0.2, 0) is 32.7 Å². The highest BCUT2D eigenvalue weighted by molar-refractivity contribution is 7.45. The van der Waals surface area contributed by atoms with Crippen LogP contribution in [0.3, 0.4) is 0 Å². The van der Waals surface area contributed by atoms with Crippen LogP contribution in [0.5, 0.6) is 0 Å². The third-order valence-electron chi connectivity index (χ3n) is 10.0. The van der Waals surface area contributed by atoms with Crippen molar-refractivity contribution in [2.24, 2.45) is 0 Å². The molecule has 10 heteroatoms. The number of phosphoric acid groups is 1. The Hall–Kier alpha value is -2.29. The molecule has 1 unspecified atom stereocenters. The summed E-state index contributed by atoms with van der Waals surface area (Å²) in [6.45, 7) is 4.14. The number of phosphoric ester groups is 1. The molecule has 0 fully saturated rings. The van der Waals surface area contributed by atoms with Gasteiger partial charge in [0.15, 0.2) is 6.10 Å². The Morgan fingerprint density at radius 3 is 1.33 bits per heavy atom. The summed E-state index contributed by atoms with van der Waals surface area (Å²) in [5.74, 6) is -0.866. The normalized spacial score (nSPS) is 14.0. The van der Waals surface area contributed by atoms with Crippen LogP contribution in [0.4, 0.5) is 0 Å². The van der Waals surface area contributed by atoms with Gasteiger partial charge in [-0.15, -0.1) is 0 Å². The van der Waals surface area contributed by atoms with Crippen LogP contribution >= 0.6 is 7.82 Å². The van der Waals surface area contributed by atoms with Gasteiger partial charge in [0.2, 0.25) is 0 Å². The van der Waals surface area contributed by atoms with Crippen molar-refractivity contribution in [3.05, 3.63) is 60.8 Å². The average molecular weight is 864 g/mol. The van der Waals surface area contributed by atoms with Gasteiger partial charge in [-0.2, -0.15) is 0 Å². The van der Waals surface area contributed by atoms with Crippen molar-refractivity contribution in [2.45, 2.75) is 200 Å². The van der Waals surface area contributed by atoms with Crippen LogP contribution in [0.2, 0.25) is 0 Å². The quantitative estimate of drug-likeness (QED) is 0.0196. The summed E-state index contributed by atoms with van der Waals surface area (Å²) >= 11 is 0. The number of carbonyl (C=O) groups excluding carboxylic acids is 2. The van der Waals surface area contributed by atoms with E-state index in [0.29, 0.717) is 17.4 Å². The van der Waals surface area contributed by atoms with Gasteiger partial charge in [0.05, 0.1) is 27.7 Å². The fourth-order valence-corrected chi connectivity index (χ4v) is 6.95. The minimum Gasteiger partial charge on any atom is -0.756 e. The lowest BCUT2D eigenvalue weighted by molar-refractivity contribution is -0.870. The second kappa shape index (κ2) is 42.0. The number of hydrogen-bond acceptors (Lipinski definition) is 8. The second-order valence-corrected chi connectivity index (χ2v) is 18.5. The summed E-state index contributed by atoms with van der Waals surface area (Å²) in [6.07, 6.45) is 51.0. The maximum atomic E-state index is 12.7. The van der Waals surface area contributed by atoms with Gasteiger partial charge in [0.25, 0.3) is 7.82 Å². The fourth-order valence-electron chi connectivity index (χ4n) is 6.22. The van der Waals surface area contributed by atoms with Crippen LogP contribution in [0, 0.1) is 0 Å². The van der Waals surface area contributed by atoms with E-state index in [0.717, 1.165) is 77.0 Å². The summed E-state index contributed by atoms with van der Waals surface area (Å²) in [7, 11) is 1.14. The lowest BCUT2D eigenvalue weighted by Crippen LogP contribution is -2.37. The molecule has 0 heterocycles. The van der Waals surface area contributed by atoms with Gasteiger partial charge in [0, 0.05) is 12.8 Å². The Morgan fingerprint density at radius 1 is 0.517 bits per heavy atom. The third-order valence-corrected chi connectivity index (χ3v) is 11.0. The van der Waals surface area contributed by atoms with E-state index >= 15 is 0 Å². The smallest absolute Gasteiger partial charge is 0.306 e. The number of unbranched alkanes of at least 4 members (excludes halogenated alkanes) is 19. The Morgan fingerprint density at radius 2 is 0.900 bits per heavy atom. The first-order chi connectivity index (χ1) is 29.0. The number of carbonyl (C=O) groups is 2. The van der Waals surface area contributed by atoms with E-state index in [4.69, 9.17) is 18.5 Å². The SMILES string of the molecule is CCCCC/C=C\C/C=C\C/C=C\CCCCCCC(=O)O[C@H](COC(=O)CCCCCCCCCCC/C=C\C/C=C\CCCCC)COP(=O)([O-])OCC[N+](C)(C)C. The molecule has 0 aromatic heterocycles. The minimum atomic E-state index is -4.64. The highest BCUT2D eigenvalue weighted by atomic mass is 31.2. The monoisotopic (exact) mass is 864 g/mol. The lowest BCUT2D eigenvalue weighted by atomic mass is 10.1. The van der Waals surface area contributed by atoms with Crippen molar-refractivity contribution in [1.29, 1.82) is 0 Å². The minimum absolute atomic E-state index is 0.0384. The zero-order valence-corrected chi connectivity index (χ0v) is 40.0. The topological polar surface area (TPSA) is 111 Å². The Balaban J connectivity index is 4.35. The fraction of sp³-hybridized carbons (Fsp3) is 0.760. The molecule has 0 bridgehead atoms. The molecule has 0 aromatic carbocycles. The van der Waals surface area contributed by atoms with Crippen LogP contribution < -0.4 is 4.89 Å². The van der Waals surface area contributed by atoms with E-state index in [1.165, 1.54) is 83.5 Å². The van der Waals surface area contributed by atoms with Crippen molar-refractivity contribution in [2.75, 3.05) is 47.5 Å². The molecule has 60 heavy (non-hydrogen) atoms. The molecule has 2 atom stereocenters. The van der Waals surface area contributed by atoms with Crippen molar-refractivity contribution in [1.82, 2.24) is 0 Å². The van der Waals surface area contributed by atoms with Gasteiger partial charge in [0.1, 0.15) is 19.8 Å². The van der Waals surface area contributed by atoms with Crippen LogP contribution in [0.15, 0.2) is 60.8 Å². The molecule has 0 aliphatic heterocycles. The average Bonchev–Trinajstić information content (AvgIpc) is 3.20. The zero-order chi connectivity index (χ0) is 44.3. The Kier molecular flexibility index (Phi) is 40.4. The van der Waals surface area contributed by atoms with E-state index in [2.05, 4.69) is 74.6 Å². The summed E-state index contributed by atoms with van der Waals surface area (Å²) in [6, 6.07) is 0. The van der Waals surface area contributed by atoms with Crippen LogP contribution in [-0.4, -0.2) is 70.0 Å². The first-order valence-corrected chi connectivity index (χ1v) is 25.5. The number of likely N-dealkylation sites (N-methyl/N-ethyl adjacent to an activating group) is 1. The molecule has 9 nitrogen and oxygen atoms in total. The molecule has 0 aromatic rings. The lowest BCUT2D eigenvalue weighted by Gasteiger charge is -2.28. The number of quaternary nitrogens is 1. The summed E-state index contributed by atoms with van der Waals surface area (Å²) in [4.78, 5) is 37.6. The first-order valence-electron chi connectivity index (χ1n) is 24.0. The Bertz CT molecular complexity index is 1210. The maximum Gasteiger partial charge on any atom is 0.306 e. The largest absolute Gasteiger partial charge is 0.756 e. The van der Waals surface area contributed by atoms with E-state index in [-0.39, 0.29) is 26.1 Å². The highest BCUT2D eigenvalue weighted by Gasteiger charge is 2.21. The van der Waals surface area contributed by atoms with Gasteiger partial charge in [-0.3, -0.25) is 14.2 Å². The van der Waals surface area contributed by atoms with E-state index < -0.39 is 32.5 Å². The first kappa shape index (κ1) is 57.7. The van der Waals surface area contributed by atoms with Gasteiger partial charge in [-0.25, -0.2) is 0 Å². The Labute approximate surface area is 368 Å². The third kappa shape index (κ3) is 45.2. The molecule has 0 aliphatic carbocycles. The summed E-state index contributed by atoms with van der Waals surface area (Å²) in [5.41, 5.74) is 0. The maximum absolute atomic E-state index is 12.7. The predicted octanol–water partition coefficient (Wildman–Crippen LogP) is 13.4. The molecule has 0 radical (unpaired) electrons. The summed E-state index contributed by atoms with van der Waals surface area (Å²) in [5, 5.41) is 0. The molecular weight excluding hydrogens is 774 g/mol. The molecule has 0 amide bonds. The molecule has 0 N–H and O–H groups in total. The van der Waals surface area contributed by atoms with E-state index in [1.807, 2.05) is 21.1 Å². The van der Waals surface area contributed by atoms with Crippen molar-refractivity contribution < 1.29 is 42.1 Å². The number of esters is 2. The van der Waals surface area contributed by atoms with Crippen LogP contribution in [0.1, 0.15) is 194 Å². The second-order valence-electron chi connectivity index (χ2n) is 17.1. The number of rotatable bonds is 43. The highest BCUT2D eigenvalue weighted by Crippen LogP contribution is 2.38. The predicted molar refractivity (Wildman–Crippen MR) is 250 cm³/mol. The van der Waals surface area contributed by atoms with Gasteiger partial charge >= 0.3 is 11.9 Å². The number of allylic oxidation sites excluding steroid dienone is 10. The zero-order valence-electron chi connectivity index (χ0n) is 39.1. The van der Waals surface area contributed by atoms with Gasteiger partial charge in [-0.05, 0) is 83.5 Å². The van der Waals surface area contributed by atoms with Crippen molar-refractivity contribution in [3.8, 4) is 0 Å². The van der Waals surface area contributed by atoms with Crippen LogP contribution in [0.25, 0.3) is 0 Å². The molecule has 0 saturated heterocycles. The van der Waals surface area contributed by atoms with E-state index in [1.54, 1.807) is 0 Å². The van der Waals surface area contributed by atoms with Crippen molar-refractivity contribution in [3.63, 3.8) is 0 Å². The number of hydrogen-bond donors (Lipinski definition) is 0. The molecule has 0 rings (SSSR count). The molecule has 0 saturated carbocycles. The molecular formula is C50H90NO8P. The number of nitrogens with zero attached hydrogens (tertiary/aromatic N) is 1. The van der Waals surface area contributed by atoms with Crippen molar-refractivity contribution >= 4 is 19.8 Å². The number of ether oxygens (including phenoxy) is 2. The molecule has 0 aliphatic rings. The molecule has 348 valence electrons. The van der Waals surface area contributed by atoms with Gasteiger partial charge < -0.3 is 27.9 Å². The summed E-state index contributed by atoms with van der Waals surface area (Å²) < 4.78 is 34.0.